The third kappa shape index (κ3) is 7.13. The van der Waals surface area contributed by atoms with E-state index in [0.717, 1.165) is 25.9 Å². The molecule has 2 rings (SSSR count). The van der Waals surface area contributed by atoms with Crippen molar-refractivity contribution >= 4 is 39.8 Å². The van der Waals surface area contributed by atoms with Crippen LogP contribution in [0.2, 0.25) is 5.02 Å². The molecule has 0 bridgehead atoms. The Morgan fingerprint density at radius 3 is 2.64 bits per heavy atom. The van der Waals surface area contributed by atoms with E-state index in [2.05, 4.69) is 17.6 Å². The van der Waals surface area contributed by atoms with E-state index < -0.39 is 9.84 Å². The molecule has 1 aliphatic rings. The van der Waals surface area contributed by atoms with E-state index in [-0.39, 0.29) is 35.5 Å². The Morgan fingerprint density at radius 1 is 1.36 bits per heavy atom. The number of hydrogen-bond donors (Lipinski definition) is 2. The van der Waals surface area contributed by atoms with Gasteiger partial charge in [-0.3, -0.25) is 4.79 Å². The maximum Gasteiger partial charge on any atom is 0.220 e. The van der Waals surface area contributed by atoms with E-state index in [1.807, 2.05) is 0 Å². The molecule has 1 fully saturated rings. The maximum absolute atomic E-state index is 12.2. The second kappa shape index (κ2) is 10.4. The van der Waals surface area contributed by atoms with Gasteiger partial charge in [-0.15, -0.1) is 12.4 Å². The third-order valence-corrected chi connectivity index (χ3v) is 6.50. The van der Waals surface area contributed by atoms with Crippen LogP contribution in [0, 0.1) is 11.8 Å². The third-order valence-electron chi connectivity index (χ3n) is 4.51. The molecule has 0 radical (unpaired) electrons. The molecule has 1 amide bonds. The molecule has 1 aromatic rings. The van der Waals surface area contributed by atoms with Crippen molar-refractivity contribution < 1.29 is 13.2 Å². The largest absolute Gasteiger partial charge is 0.355 e. The number of halogens is 2. The summed E-state index contributed by atoms with van der Waals surface area (Å²) in [5.74, 6) is 0.618. The molecule has 1 heterocycles. The lowest BCUT2D eigenvalue weighted by Crippen LogP contribution is -2.36. The van der Waals surface area contributed by atoms with Crippen molar-refractivity contribution in [3.05, 3.63) is 29.3 Å². The van der Waals surface area contributed by atoms with Gasteiger partial charge in [-0.2, -0.15) is 0 Å². The van der Waals surface area contributed by atoms with Crippen LogP contribution in [0.4, 0.5) is 0 Å². The van der Waals surface area contributed by atoms with E-state index in [1.54, 1.807) is 12.1 Å². The summed E-state index contributed by atoms with van der Waals surface area (Å²) in [6.07, 6.45) is 2.73. The minimum Gasteiger partial charge on any atom is -0.355 e. The van der Waals surface area contributed by atoms with Crippen LogP contribution in [0.25, 0.3) is 0 Å². The van der Waals surface area contributed by atoms with Gasteiger partial charge in [-0.1, -0.05) is 18.5 Å². The minimum atomic E-state index is -3.41. The van der Waals surface area contributed by atoms with Gasteiger partial charge in [-0.05, 0) is 62.0 Å². The maximum atomic E-state index is 12.2. The number of piperidine rings is 1. The van der Waals surface area contributed by atoms with Gasteiger partial charge in [0.25, 0.3) is 0 Å². The summed E-state index contributed by atoms with van der Waals surface area (Å²) in [6.45, 7) is 4.22. The summed E-state index contributed by atoms with van der Waals surface area (Å²) in [4.78, 5) is 12.2. The number of hydrogen-bond acceptors (Lipinski definition) is 4. The van der Waals surface area contributed by atoms with Crippen LogP contribution in [0.15, 0.2) is 29.2 Å². The molecule has 0 aliphatic carbocycles. The number of nitrogens with one attached hydrogen (secondary N) is 2. The standard InChI is InChI=1S/C17H25ClN2O3S.ClH/c1-13(14-3-2-8-19-12-14)11-17(21)20-9-10-24(22,23)16-6-4-15(18)5-7-16;/h4-7,13-14,19H,2-3,8-12H2,1H3,(H,20,21);1H. The molecule has 0 aromatic heterocycles. The molecule has 1 aliphatic heterocycles. The predicted molar refractivity (Wildman–Crippen MR) is 103 cm³/mol. The zero-order valence-electron chi connectivity index (χ0n) is 14.3. The molecule has 5 nitrogen and oxygen atoms in total. The molecule has 25 heavy (non-hydrogen) atoms. The summed E-state index contributed by atoms with van der Waals surface area (Å²) in [7, 11) is -3.41. The average molecular weight is 409 g/mol. The highest BCUT2D eigenvalue weighted by Gasteiger charge is 2.22. The lowest BCUT2D eigenvalue weighted by molar-refractivity contribution is -0.122. The number of rotatable bonds is 7. The van der Waals surface area contributed by atoms with Crippen LogP contribution in [-0.2, 0) is 14.6 Å². The Labute approximate surface area is 161 Å². The first-order valence-electron chi connectivity index (χ1n) is 8.34. The van der Waals surface area contributed by atoms with Gasteiger partial charge < -0.3 is 10.6 Å². The first-order chi connectivity index (χ1) is 11.4. The summed E-state index contributed by atoms with van der Waals surface area (Å²) in [5.41, 5.74) is 0. The van der Waals surface area contributed by atoms with E-state index in [0.29, 0.717) is 23.3 Å². The highest BCUT2D eigenvalue weighted by molar-refractivity contribution is 7.91. The van der Waals surface area contributed by atoms with Gasteiger partial charge in [0.15, 0.2) is 9.84 Å². The normalized spacial score (nSPS) is 18.9. The van der Waals surface area contributed by atoms with E-state index >= 15 is 0 Å². The number of sulfone groups is 1. The fraction of sp³-hybridized carbons (Fsp3) is 0.588. The van der Waals surface area contributed by atoms with Gasteiger partial charge in [0.05, 0.1) is 10.6 Å². The monoisotopic (exact) mass is 408 g/mol. The number of amides is 1. The SMILES string of the molecule is CC(CC(=O)NCCS(=O)(=O)c1ccc(Cl)cc1)C1CCCNC1.Cl. The van der Waals surface area contributed by atoms with Crippen molar-refractivity contribution in [1.82, 2.24) is 10.6 Å². The molecule has 1 aromatic carbocycles. The molecule has 1 saturated heterocycles. The summed E-state index contributed by atoms with van der Waals surface area (Å²) in [6, 6.07) is 6.06. The highest BCUT2D eigenvalue weighted by Crippen LogP contribution is 2.22. The van der Waals surface area contributed by atoms with Gasteiger partial charge in [0.2, 0.25) is 5.91 Å². The summed E-state index contributed by atoms with van der Waals surface area (Å²) in [5, 5.41) is 6.57. The first-order valence-corrected chi connectivity index (χ1v) is 10.4. The van der Waals surface area contributed by atoms with Gasteiger partial charge >= 0.3 is 0 Å². The van der Waals surface area contributed by atoms with Crippen molar-refractivity contribution in [1.29, 1.82) is 0 Å². The molecule has 2 unspecified atom stereocenters. The quantitative estimate of drug-likeness (QED) is 0.726. The zero-order valence-corrected chi connectivity index (χ0v) is 16.7. The fourth-order valence-electron chi connectivity index (χ4n) is 2.98. The van der Waals surface area contributed by atoms with Crippen molar-refractivity contribution in [3.63, 3.8) is 0 Å². The topological polar surface area (TPSA) is 75.3 Å². The first kappa shape index (κ1) is 22.2. The Balaban J connectivity index is 0.00000312. The van der Waals surface area contributed by atoms with Gasteiger partial charge in [0, 0.05) is 18.0 Å². The van der Waals surface area contributed by atoms with Crippen molar-refractivity contribution in [3.8, 4) is 0 Å². The van der Waals surface area contributed by atoms with Crippen molar-refractivity contribution in [2.45, 2.75) is 31.1 Å². The lowest BCUT2D eigenvalue weighted by Gasteiger charge is -2.28. The Kier molecular flexibility index (Phi) is 9.21. The molecule has 2 atom stereocenters. The van der Waals surface area contributed by atoms with Crippen LogP contribution in [0.3, 0.4) is 0 Å². The van der Waals surface area contributed by atoms with Crippen LogP contribution >= 0.6 is 24.0 Å². The molecule has 8 heteroatoms. The van der Waals surface area contributed by atoms with Crippen LogP contribution in [-0.4, -0.2) is 39.7 Å². The Bertz CT molecular complexity index is 644. The highest BCUT2D eigenvalue weighted by atomic mass is 35.5. The average Bonchev–Trinajstić information content (AvgIpc) is 2.56. The lowest BCUT2D eigenvalue weighted by atomic mass is 9.85. The second-order valence-electron chi connectivity index (χ2n) is 6.41. The van der Waals surface area contributed by atoms with E-state index in [9.17, 15) is 13.2 Å². The van der Waals surface area contributed by atoms with Crippen LogP contribution in [0.1, 0.15) is 26.2 Å². The van der Waals surface area contributed by atoms with Crippen LogP contribution in [0.5, 0.6) is 0 Å². The molecule has 0 saturated carbocycles. The summed E-state index contributed by atoms with van der Waals surface area (Å²) < 4.78 is 24.4. The molecular formula is C17H26Cl2N2O3S. The molecule has 142 valence electrons. The number of carbonyl (C=O) groups is 1. The molecule has 0 spiro atoms. The smallest absolute Gasteiger partial charge is 0.220 e. The van der Waals surface area contributed by atoms with Crippen LogP contribution < -0.4 is 10.6 Å². The molecule has 2 N–H and O–H groups in total. The van der Waals surface area contributed by atoms with Gasteiger partial charge in [-0.25, -0.2) is 8.42 Å². The van der Waals surface area contributed by atoms with E-state index in [1.165, 1.54) is 12.1 Å². The minimum absolute atomic E-state index is 0. The predicted octanol–water partition coefficient (Wildman–Crippen LogP) is 2.68. The number of benzene rings is 1. The zero-order chi connectivity index (χ0) is 17.6. The van der Waals surface area contributed by atoms with Gasteiger partial charge in [0.1, 0.15) is 0 Å². The Hall–Kier alpha value is -0.820. The Morgan fingerprint density at radius 2 is 2.04 bits per heavy atom. The fourth-order valence-corrected chi connectivity index (χ4v) is 4.26. The second-order valence-corrected chi connectivity index (χ2v) is 8.96. The van der Waals surface area contributed by atoms with E-state index in [4.69, 9.17) is 11.6 Å². The molecular weight excluding hydrogens is 383 g/mol. The number of carbonyl (C=O) groups excluding carboxylic acids is 1. The summed E-state index contributed by atoms with van der Waals surface area (Å²) >= 11 is 5.76. The van der Waals surface area contributed by atoms with Crippen molar-refractivity contribution in [2.75, 3.05) is 25.4 Å². The van der Waals surface area contributed by atoms with Crippen molar-refractivity contribution in [2.24, 2.45) is 11.8 Å².